The highest BCUT2D eigenvalue weighted by molar-refractivity contribution is 7.99. The van der Waals surface area contributed by atoms with Gasteiger partial charge in [-0.05, 0) is 29.5 Å². The first-order chi connectivity index (χ1) is 13.5. The van der Waals surface area contributed by atoms with Crippen molar-refractivity contribution in [3.63, 3.8) is 0 Å². The molecule has 0 saturated heterocycles. The van der Waals surface area contributed by atoms with Gasteiger partial charge < -0.3 is 14.6 Å². The number of amides is 1. The molecule has 0 saturated carbocycles. The van der Waals surface area contributed by atoms with Gasteiger partial charge in [0.25, 0.3) is 5.76 Å². The van der Waals surface area contributed by atoms with Crippen LogP contribution in [-0.4, -0.2) is 33.7 Å². The molecule has 9 heteroatoms. The zero-order chi connectivity index (χ0) is 19.9. The molecule has 0 fully saturated rings. The second-order valence-corrected chi connectivity index (χ2v) is 6.73. The van der Waals surface area contributed by atoms with Gasteiger partial charge in [-0.1, -0.05) is 42.5 Å². The maximum Gasteiger partial charge on any atom is 0.325 e. The summed E-state index contributed by atoms with van der Waals surface area (Å²) in [6.07, 6.45) is 0. The van der Waals surface area contributed by atoms with Crippen molar-refractivity contribution in [2.24, 2.45) is 0 Å². The van der Waals surface area contributed by atoms with Gasteiger partial charge in [-0.3, -0.25) is 9.59 Å². The minimum Gasteiger partial charge on any atom is -0.460 e. The Morgan fingerprint density at radius 3 is 2.57 bits per heavy atom. The number of esters is 1. The SMILES string of the molecule is O=C(Cn1c(SC(F)F)nc2ccccc21)NCC(=O)OCc1ccccc1. The fraction of sp³-hybridized carbons (Fsp3) is 0.211. The third-order valence-corrected chi connectivity index (χ3v) is 4.49. The normalized spacial score (nSPS) is 11.0. The Morgan fingerprint density at radius 2 is 1.82 bits per heavy atom. The van der Waals surface area contributed by atoms with Gasteiger partial charge in [-0.15, -0.1) is 0 Å². The van der Waals surface area contributed by atoms with Gasteiger partial charge in [-0.2, -0.15) is 8.78 Å². The van der Waals surface area contributed by atoms with E-state index in [1.54, 1.807) is 24.3 Å². The summed E-state index contributed by atoms with van der Waals surface area (Å²) in [6, 6.07) is 16.0. The molecule has 3 aromatic rings. The van der Waals surface area contributed by atoms with Gasteiger partial charge in [0.1, 0.15) is 19.7 Å². The number of nitrogens with one attached hydrogen (secondary N) is 1. The van der Waals surface area contributed by atoms with Crippen molar-refractivity contribution in [2.45, 2.75) is 24.1 Å². The second-order valence-electron chi connectivity index (χ2n) is 5.77. The number of alkyl halides is 2. The van der Waals surface area contributed by atoms with E-state index in [2.05, 4.69) is 10.3 Å². The molecular formula is C19H17F2N3O3S. The van der Waals surface area contributed by atoms with Gasteiger partial charge in [0.2, 0.25) is 5.91 Å². The van der Waals surface area contributed by atoms with Crippen LogP contribution in [0.5, 0.6) is 0 Å². The number of carbonyl (C=O) groups excluding carboxylic acids is 2. The lowest BCUT2D eigenvalue weighted by Crippen LogP contribution is -2.33. The van der Waals surface area contributed by atoms with Gasteiger partial charge >= 0.3 is 5.97 Å². The summed E-state index contributed by atoms with van der Waals surface area (Å²) in [7, 11) is 0. The van der Waals surface area contributed by atoms with Crippen molar-refractivity contribution in [2.75, 3.05) is 6.54 Å². The summed E-state index contributed by atoms with van der Waals surface area (Å²) in [5.41, 5.74) is 1.91. The molecule has 146 valence electrons. The topological polar surface area (TPSA) is 73.2 Å². The molecule has 0 atom stereocenters. The smallest absolute Gasteiger partial charge is 0.325 e. The van der Waals surface area contributed by atoms with Crippen molar-refractivity contribution < 1.29 is 23.1 Å². The molecule has 1 heterocycles. The molecule has 0 aliphatic carbocycles. The summed E-state index contributed by atoms with van der Waals surface area (Å²) in [6.45, 7) is -0.436. The molecule has 3 rings (SSSR count). The Labute approximate surface area is 163 Å². The highest BCUT2D eigenvalue weighted by Crippen LogP contribution is 2.28. The third-order valence-electron chi connectivity index (χ3n) is 3.79. The molecule has 1 N–H and O–H groups in total. The predicted octanol–water partition coefficient (Wildman–Crippen LogP) is 3.21. The van der Waals surface area contributed by atoms with Crippen LogP contribution >= 0.6 is 11.8 Å². The second kappa shape index (κ2) is 9.32. The molecule has 0 bridgehead atoms. The van der Waals surface area contributed by atoms with Crippen molar-refractivity contribution >= 4 is 34.7 Å². The lowest BCUT2D eigenvalue weighted by molar-refractivity contribution is -0.145. The Balaban J connectivity index is 1.58. The summed E-state index contributed by atoms with van der Waals surface area (Å²) >= 11 is 0.270. The molecule has 1 aromatic heterocycles. The van der Waals surface area contributed by atoms with E-state index in [4.69, 9.17) is 4.74 Å². The number of rotatable bonds is 8. The number of hydrogen-bond acceptors (Lipinski definition) is 5. The zero-order valence-electron chi connectivity index (χ0n) is 14.7. The van der Waals surface area contributed by atoms with E-state index < -0.39 is 17.6 Å². The molecule has 1 amide bonds. The maximum atomic E-state index is 12.8. The monoisotopic (exact) mass is 405 g/mol. The largest absolute Gasteiger partial charge is 0.460 e. The van der Waals surface area contributed by atoms with Crippen LogP contribution in [0.25, 0.3) is 11.0 Å². The molecule has 0 aliphatic rings. The predicted molar refractivity (Wildman–Crippen MR) is 101 cm³/mol. The maximum absolute atomic E-state index is 12.8. The zero-order valence-corrected chi connectivity index (χ0v) is 15.5. The Hall–Kier alpha value is -2.94. The van der Waals surface area contributed by atoms with Crippen LogP contribution in [-0.2, 0) is 27.5 Å². The Kier molecular flexibility index (Phi) is 6.59. The fourth-order valence-corrected chi connectivity index (χ4v) is 3.14. The van der Waals surface area contributed by atoms with Crippen LogP contribution in [0.15, 0.2) is 59.8 Å². The van der Waals surface area contributed by atoms with Crippen LogP contribution in [0, 0.1) is 0 Å². The molecule has 0 aliphatic heterocycles. The van der Waals surface area contributed by atoms with Gasteiger partial charge in [0.15, 0.2) is 5.16 Å². The quantitative estimate of drug-likeness (QED) is 0.460. The average Bonchev–Trinajstić information content (AvgIpc) is 3.02. The summed E-state index contributed by atoms with van der Waals surface area (Å²) in [5, 5.41) is 2.48. The first kappa shape index (κ1) is 19.8. The number of halogens is 2. The van der Waals surface area contributed by atoms with Crippen LogP contribution in [0.2, 0.25) is 0 Å². The summed E-state index contributed by atoms with van der Waals surface area (Å²) in [4.78, 5) is 28.1. The number of fused-ring (bicyclic) bond motifs is 1. The van der Waals surface area contributed by atoms with E-state index >= 15 is 0 Å². The van der Waals surface area contributed by atoms with Gasteiger partial charge in [0.05, 0.1) is 11.0 Å². The standard InChI is InChI=1S/C19H17F2N3O3S/c20-18(21)28-19-23-14-8-4-5-9-15(14)24(19)11-16(25)22-10-17(26)27-12-13-6-2-1-3-7-13/h1-9,18H,10-12H2,(H,22,25). The van der Waals surface area contributed by atoms with E-state index in [1.165, 1.54) is 4.57 Å². The first-order valence-corrected chi connectivity index (χ1v) is 9.27. The van der Waals surface area contributed by atoms with E-state index in [0.717, 1.165) is 5.56 Å². The van der Waals surface area contributed by atoms with E-state index in [1.807, 2.05) is 30.3 Å². The minimum atomic E-state index is -2.66. The lowest BCUT2D eigenvalue weighted by Gasteiger charge is -2.10. The minimum absolute atomic E-state index is 0.0398. The number of aromatic nitrogens is 2. The Bertz CT molecular complexity index is 963. The number of hydrogen-bond donors (Lipinski definition) is 1. The van der Waals surface area contributed by atoms with Crippen molar-refractivity contribution in [3.05, 3.63) is 60.2 Å². The van der Waals surface area contributed by atoms with Gasteiger partial charge in [0, 0.05) is 0 Å². The molecule has 2 aromatic carbocycles. The van der Waals surface area contributed by atoms with Crippen molar-refractivity contribution in [3.8, 4) is 0 Å². The number of imidazole rings is 1. The molecule has 6 nitrogen and oxygen atoms in total. The van der Waals surface area contributed by atoms with Crippen LogP contribution < -0.4 is 5.32 Å². The summed E-state index contributed by atoms with van der Waals surface area (Å²) in [5.74, 6) is -3.75. The number of para-hydroxylation sites is 2. The highest BCUT2D eigenvalue weighted by atomic mass is 32.2. The summed E-state index contributed by atoms with van der Waals surface area (Å²) < 4.78 is 32.1. The van der Waals surface area contributed by atoms with E-state index in [0.29, 0.717) is 11.0 Å². The van der Waals surface area contributed by atoms with Gasteiger partial charge in [-0.25, -0.2) is 4.98 Å². The fourth-order valence-electron chi connectivity index (χ4n) is 2.54. The van der Waals surface area contributed by atoms with Crippen molar-refractivity contribution in [1.29, 1.82) is 0 Å². The van der Waals surface area contributed by atoms with E-state index in [-0.39, 0.29) is 36.6 Å². The van der Waals surface area contributed by atoms with Crippen LogP contribution in [0.4, 0.5) is 8.78 Å². The van der Waals surface area contributed by atoms with E-state index in [9.17, 15) is 18.4 Å². The number of thioether (sulfide) groups is 1. The number of ether oxygens (including phenoxy) is 1. The molecular weight excluding hydrogens is 388 g/mol. The molecule has 0 radical (unpaired) electrons. The Morgan fingerprint density at radius 1 is 1.11 bits per heavy atom. The first-order valence-electron chi connectivity index (χ1n) is 8.39. The highest BCUT2D eigenvalue weighted by Gasteiger charge is 2.18. The molecule has 28 heavy (non-hydrogen) atoms. The number of nitrogens with zero attached hydrogens (tertiary/aromatic N) is 2. The average molecular weight is 405 g/mol. The lowest BCUT2D eigenvalue weighted by atomic mass is 10.2. The number of benzene rings is 2. The molecule has 0 spiro atoms. The molecule has 0 unspecified atom stereocenters. The van der Waals surface area contributed by atoms with Crippen molar-refractivity contribution in [1.82, 2.24) is 14.9 Å². The number of carbonyl (C=O) groups is 2. The third kappa shape index (κ3) is 5.29. The van der Waals surface area contributed by atoms with Crippen LogP contribution in [0.1, 0.15) is 5.56 Å². The van der Waals surface area contributed by atoms with Crippen LogP contribution in [0.3, 0.4) is 0 Å².